The van der Waals surface area contributed by atoms with Crippen LogP contribution in [0.25, 0.3) is 11.4 Å². The maximum absolute atomic E-state index is 6.02. The van der Waals surface area contributed by atoms with Crippen LogP contribution in [0.2, 0.25) is 5.02 Å². The minimum Gasteiger partial charge on any atom is -0.338 e. The van der Waals surface area contributed by atoms with E-state index in [-0.39, 0.29) is 0 Å². The van der Waals surface area contributed by atoms with E-state index in [1.807, 2.05) is 43.3 Å². The van der Waals surface area contributed by atoms with E-state index in [0.29, 0.717) is 29.6 Å². The molecule has 0 N–H and O–H groups in total. The lowest BCUT2D eigenvalue weighted by Gasteiger charge is -2.00. The minimum atomic E-state index is 0.416. The second-order valence-corrected chi connectivity index (χ2v) is 5.44. The molecule has 2 aromatic heterocycles. The quantitative estimate of drug-likeness (QED) is 0.686. The van der Waals surface area contributed by atoms with Gasteiger partial charge in [-0.15, -0.1) is 0 Å². The molecular weight excluding hydrogens is 310 g/mol. The molecule has 23 heavy (non-hydrogen) atoms. The molecule has 0 aliphatic carbocycles. The topological polar surface area (TPSA) is 51.8 Å². The summed E-state index contributed by atoms with van der Waals surface area (Å²) in [4.78, 5) is 8.59. The Morgan fingerprint density at radius 3 is 2.83 bits per heavy atom. The first-order valence-electron chi connectivity index (χ1n) is 7.17. The van der Waals surface area contributed by atoms with Gasteiger partial charge in [0.05, 0.1) is 18.5 Å². The van der Waals surface area contributed by atoms with Crippen molar-refractivity contribution in [3.8, 4) is 23.2 Å². The van der Waals surface area contributed by atoms with E-state index in [1.54, 1.807) is 6.20 Å². The molecule has 3 aromatic rings. The molecule has 0 radical (unpaired) electrons. The molecule has 0 atom stereocenters. The normalized spacial score (nSPS) is 10.2. The minimum absolute atomic E-state index is 0.416. The van der Waals surface area contributed by atoms with E-state index in [9.17, 15) is 0 Å². The highest BCUT2D eigenvalue weighted by molar-refractivity contribution is 6.30. The second kappa shape index (κ2) is 7.08. The van der Waals surface area contributed by atoms with Crippen LogP contribution in [0.5, 0.6) is 0 Å². The van der Waals surface area contributed by atoms with E-state index in [4.69, 9.17) is 16.1 Å². The van der Waals surface area contributed by atoms with Gasteiger partial charge in [0, 0.05) is 16.8 Å². The van der Waals surface area contributed by atoms with Gasteiger partial charge in [0.2, 0.25) is 11.7 Å². The smallest absolute Gasteiger partial charge is 0.238 e. The van der Waals surface area contributed by atoms with Crippen LogP contribution in [-0.4, -0.2) is 15.1 Å². The standard InChI is InChI=1S/C18H14ClN3O/c1-13-9-10-14(19)12-16(13)18-21-17(23-22-18)8-3-2-6-15-7-4-5-11-20-15/h4-5,7,9-12H,6,8H2,1H3. The summed E-state index contributed by atoms with van der Waals surface area (Å²) in [6.45, 7) is 1.98. The molecular formula is C18H14ClN3O. The SMILES string of the molecule is Cc1ccc(Cl)cc1-c1noc(CC#CCc2ccccn2)n1. The Hall–Kier alpha value is -2.64. The highest BCUT2D eigenvalue weighted by atomic mass is 35.5. The highest BCUT2D eigenvalue weighted by Crippen LogP contribution is 2.24. The average Bonchev–Trinajstić information content (AvgIpc) is 3.03. The van der Waals surface area contributed by atoms with Gasteiger partial charge in [0.1, 0.15) is 0 Å². The summed E-state index contributed by atoms with van der Waals surface area (Å²) in [6, 6.07) is 11.4. The van der Waals surface area contributed by atoms with Crippen molar-refractivity contribution in [2.24, 2.45) is 0 Å². The fourth-order valence-corrected chi connectivity index (χ4v) is 2.24. The third kappa shape index (κ3) is 3.97. The third-order valence-electron chi connectivity index (χ3n) is 3.27. The molecule has 0 aliphatic heterocycles. The van der Waals surface area contributed by atoms with Crippen LogP contribution >= 0.6 is 11.6 Å². The zero-order valence-electron chi connectivity index (χ0n) is 12.6. The summed E-state index contributed by atoms with van der Waals surface area (Å²) >= 11 is 6.02. The van der Waals surface area contributed by atoms with Gasteiger partial charge in [-0.2, -0.15) is 4.98 Å². The van der Waals surface area contributed by atoms with Crippen molar-refractivity contribution >= 4 is 11.6 Å². The molecule has 2 heterocycles. The molecule has 0 aliphatic rings. The van der Waals surface area contributed by atoms with Crippen LogP contribution in [0.1, 0.15) is 17.1 Å². The molecule has 4 nitrogen and oxygen atoms in total. The Labute approximate surface area is 139 Å². The zero-order valence-corrected chi connectivity index (χ0v) is 13.3. The first-order chi connectivity index (χ1) is 11.2. The molecule has 0 saturated carbocycles. The largest absolute Gasteiger partial charge is 0.338 e. The van der Waals surface area contributed by atoms with Crippen molar-refractivity contribution in [1.29, 1.82) is 0 Å². The van der Waals surface area contributed by atoms with Gasteiger partial charge in [0.25, 0.3) is 0 Å². The Kier molecular flexibility index (Phi) is 4.70. The maximum Gasteiger partial charge on any atom is 0.238 e. The van der Waals surface area contributed by atoms with Gasteiger partial charge in [-0.25, -0.2) is 0 Å². The molecule has 3 rings (SSSR count). The van der Waals surface area contributed by atoms with Crippen LogP contribution < -0.4 is 0 Å². The van der Waals surface area contributed by atoms with Crippen molar-refractivity contribution in [3.63, 3.8) is 0 Å². The Bertz CT molecular complexity index is 863. The number of hydrogen-bond donors (Lipinski definition) is 0. The van der Waals surface area contributed by atoms with Crippen LogP contribution in [-0.2, 0) is 12.8 Å². The van der Waals surface area contributed by atoms with Crippen LogP contribution in [0.15, 0.2) is 47.1 Å². The lowest BCUT2D eigenvalue weighted by atomic mass is 10.1. The summed E-state index contributed by atoms with van der Waals surface area (Å²) in [5.74, 6) is 7.11. The van der Waals surface area contributed by atoms with Crippen LogP contribution in [0.3, 0.4) is 0 Å². The molecule has 5 heteroatoms. The summed E-state index contributed by atoms with van der Waals surface area (Å²) in [6.07, 6.45) is 2.78. The molecule has 1 aromatic carbocycles. The maximum atomic E-state index is 6.02. The fourth-order valence-electron chi connectivity index (χ4n) is 2.07. The molecule has 0 amide bonds. The number of hydrogen-bond acceptors (Lipinski definition) is 4. The summed E-state index contributed by atoms with van der Waals surface area (Å²) in [5.41, 5.74) is 2.86. The molecule has 0 fully saturated rings. The van der Waals surface area contributed by atoms with Crippen molar-refractivity contribution in [2.45, 2.75) is 19.8 Å². The lowest BCUT2D eigenvalue weighted by molar-refractivity contribution is 0.388. The van der Waals surface area contributed by atoms with E-state index in [1.165, 1.54) is 0 Å². The first kappa shape index (κ1) is 15.3. The Balaban J connectivity index is 1.67. The highest BCUT2D eigenvalue weighted by Gasteiger charge is 2.10. The molecule has 0 bridgehead atoms. The number of rotatable bonds is 3. The molecule has 0 unspecified atom stereocenters. The zero-order chi connectivity index (χ0) is 16.1. The first-order valence-corrected chi connectivity index (χ1v) is 7.55. The molecule has 114 valence electrons. The van der Waals surface area contributed by atoms with Crippen molar-refractivity contribution in [1.82, 2.24) is 15.1 Å². The predicted molar refractivity (Wildman–Crippen MR) is 88.9 cm³/mol. The van der Waals surface area contributed by atoms with E-state index >= 15 is 0 Å². The van der Waals surface area contributed by atoms with Crippen LogP contribution in [0.4, 0.5) is 0 Å². The number of aromatic nitrogens is 3. The Morgan fingerprint density at radius 2 is 2.00 bits per heavy atom. The fraction of sp³-hybridized carbons (Fsp3) is 0.167. The van der Waals surface area contributed by atoms with Crippen LogP contribution in [0, 0.1) is 18.8 Å². The molecule has 0 spiro atoms. The summed E-state index contributed by atoms with van der Waals surface area (Å²) in [7, 11) is 0. The second-order valence-electron chi connectivity index (χ2n) is 5.00. The Morgan fingerprint density at radius 1 is 1.13 bits per heavy atom. The predicted octanol–water partition coefficient (Wildman–Crippen LogP) is 3.88. The number of benzene rings is 1. The lowest BCUT2D eigenvalue weighted by Crippen LogP contribution is -1.87. The summed E-state index contributed by atoms with van der Waals surface area (Å²) in [5, 5.41) is 4.65. The van der Waals surface area contributed by atoms with E-state index < -0.39 is 0 Å². The average molecular weight is 324 g/mol. The van der Waals surface area contributed by atoms with Crippen molar-refractivity contribution < 1.29 is 4.52 Å². The number of pyridine rings is 1. The van der Waals surface area contributed by atoms with Gasteiger partial charge < -0.3 is 4.52 Å². The van der Waals surface area contributed by atoms with Gasteiger partial charge in [0.15, 0.2) is 0 Å². The summed E-state index contributed by atoms with van der Waals surface area (Å²) < 4.78 is 5.24. The number of aryl methyl sites for hydroxylation is 1. The van der Waals surface area contributed by atoms with Crippen molar-refractivity contribution in [3.05, 3.63) is 64.8 Å². The number of halogens is 1. The van der Waals surface area contributed by atoms with Crippen molar-refractivity contribution in [2.75, 3.05) is 0 Å². The third-order valence-corrected chi connectivity index (χ3v) is 3.50. The number of nitrogens with zero attached hydrogens (tertiary/aromatic N) is 3. The van der Waals surface area contributed by atoms with Gasteiger partial charge in [-0.1, -0.05) is 40.7 Å². The van der Waals surface area contributed by atoms with Gasteiger partial charge >= 0.3 is 0 Å². The molecule has 0 saturated heterocycles. The van der Waals surface area contributed by atoms with Gasteiger partial charge in [-0.3, -0.25) is 4.98 Å². The van der Waals surface area contributed by atoms with E-state index in [0.717, 1.165) is 16.8 Å². The van der Waals surface area contributed by atoms with Gasteiger partial charge in [-0.05, 0) is 36.8 Å². The monoisotopic (exact) mass is 323 g/mol. The van der Waals surface area contributed by atoms with E-state index in [2.05, 4.69) is 27.0 Å².